The number of nitrogens with one attached hydrogen (secondary N) is 1. The summed E-state index contributed by atoms with van der Waals surface area (Å²) >= 11 is 1.51. The first kappa shape index (κ1) is 20.6. The second-order valence-corrected chi connectivity index (χ2v) is 7.07. The van der Waals surface area contributed by atoms with Crippen LogP contribution in [0.1, 0.15) is 26.5 Å². The van der Waals surface area contributed by atoms with Crippen LogP contribution in [-0.2, 0) is 9.59 Å². The molecule has 0 bridgehead atoms. The third-order valence-corrected chi connectivity index (χ3v) is 4.64. The van der Waals surface area contributed by atoms with Crippen molar-refractivity contribution in [2.45, 2.75) is 26.8 Å². The number of thiazole rings is 1. The zero-order valence-electron chi connectivity index (χ0n) is 16.1. The molecule has 1 N–H and O–H groups in total. The third-order valence-electron chi connectivity index (χ3n) is 3.73. The summed E-state index contributed by atoms with van der Waals surface area (Å²) in [6.45, 7) is 6.13. The number of hydrogen-bond donors (Lipinski definition) is 1. The fourth-order valence-electron chi connectivity index (χ4n) is 2.38. The lowest BCUT2D eigenvalue weighted by molar-refractivity contribution is -0.132. The molecular formula is C20H25N3O3S. The molecule has 0 fully saturated rings. The lowest BCUT2D eigenvalue weighted by Gasteiger charge is -2.19. The molecule has 2 amide bonds. The third kappa shape index (κ3) is 6.21. The molecule has 7 heteroatoms. The number of ether oxygens (including phenoxy) is 1. The smallest absolute Gasteiger partial charge is 0.247 e. The number of amides is 2. The van der Waals surface area contributed by atoms with E-state index in [-0.39, 0.29) is 24.4 Å². The van der Waals surface area contributed by atoms with Crippen molar-refractivity contribution in [1.82, 2.24) is 15.2 Å². The van der Waals surface area contributed by atoms with Crippen LogP contribution in [0.15, 0.2) is 35.7 Å². The predicted molar refractivity (Wildman–Crippen MR) is 109 cm³/mol. The van der Waals surface area contributed by atoms with E-state index in [4.69, 9.17) is 4.74 Å². The highest BCUT2D eigenvalue weighted by atomic mass is 32.1. The number of methoxy groups -OCH3 is 1. The molecule has 2 aromatic rings. The molecule has 1 heterocycles. The number of likely N-dealkylation sites (N-methyl/N-ethyl adjacent to an activating group) is 1. The van der Waals surface area contributed by atoms with Crippen LogP contribution >= 0.6 is 11.3 Å². The number of carbonyl (C=O) groups excluding carboxylic acids is 2. The van der Waals surface area contributed by atoms with Gasteiger partial charge in [-0.1, -0.05) is 0 Å². The Kier molecular flexibility index (Phi) is 7.55. The maximum Gasteiger partial charge on any atom is 0.247 e. The Balaban J connectivity index is 2.00. The number of benzene rings is 1. The Morgan fingerprint density at radius 2 is 2.00 bits per heavy atom. The normalized spacial score (nSPS) is 11.0. The summed E-state index contributed by atoms with van der Waals surface area (Å²) < 4.78 is 5.16. The fourth-order valence-corrected chi connectivity index (χ4v) is 3.17. The largest absolute Gasteiger partial charge is 0.497 e. The molecule has 1 aromatic carbocycles. The first-order chi connectivity index (χ1) is 12.9. The summed E-state index contributed by atoms with van der Waals surface area (Å²) in [5.74, 6) is 0.418. The van der Waals surface area contributed by atoms with E-state index in [2.05, 4.69) is 10.3 Å². The molecule has 2 rings (SSSR count). The van der Waals surface area contributed by atoms with Crippen molar-refractivity contribution in [1.29, 1.82) is 0 Å². The number of carbonyl (C=O) groups is 2. The molecule has 6 nitrogen and oxygen atoms in total. The van der Waals surface area contributed by atoms with Gasteiger partial charge in [0.05, 0.1) is 19.3 Å². The second-order valence-electron chi connectivity index (χ2n) is 6.21. The second kappa shape index (κ2) is 9.87. The summed E-state index contributed by atoms with van der Waals surface area (Å²) in [5, 5.41) is 5.55. The quantitative estimate of drug-likeness (QED) is 0.706. The number of rotatable bonds is 8. The molecule has 0 unspecified atom stereocenters. The van der Waals surface area contributed by atoms with E-state index in [1.165, 1.54) is 22.3 Å². The van der Waals surface area contributed by atoms with E-state index in [9.17, 15) is 9.59 Å². The van der Waals surface area contributed by atoms with Crippen LogP contribution in [0.2, 0.25) is 0 Å². The van der Waals surface area contributed by atoms with Crippen molar-refractivity contribution in [3.8, 4) is 16.3 Å². The summed E-state index contributed by atoms with van der Waals surface area (Å²) in [7, 11) is 1.63. The van der Waals surface area contributed by atoms with Gasteiger partial charge in [0.25, 0.3) is 0 Å². The first-order valence-corrected chi connectivity index (χ1v) is 9.67. The fraction of sp³-hybridized carbons (Fsp3) is 0.350. The average Bonchev–Trinajstić information content (AvgIpc) is 3.12. The molecule has 0 radical (unpaired) electrons. The number of hydrogen-bond acceptors (Lipinski definition) is 5. The van der Waals surface area contributed by atoms with Gasteiger partial charge in [-0.2, -0.15) is 0 Å². The van der Waals surface area contributed by atoms with Crippen molar-refractivity contribution in [3.05, 3.63) is 41.4 Å². The molecule has 1 aromatic heterocycles. The minimum Gasteiger partial charge on any atom is -0.497 e. The Morgan fingerprint density at radius 3 is 2.59 bits per heavy atom. The summed E-state index contributed by atoms with van der Waals surface area (Å²) in [6.07, 6.45) is 3.13. The van der Waals surface area contributed by atoms with Gasteiger partial charge in [-0.25, -0.2) is 4.98 Å². The van der Waals surface area contributed by atoms with Crippen LogP contribution in [0, 0.1) is 0 Å². The van der Waals surface area contributed by atoms with Gasteiger partial charge in [-0.05, 0) is 51.1 Å². The Bertz CT molecular complexity index is 797. The highest BCUT2D eigenvalue weighted by Gasteiger charge is 2.14. The maximum absolute atomic E-state index is 12.3. The Labute approximate surface area is 163 Å². The molecule has 0 saturated heterocycles. The molecule has 27 heavy (non-hydrogen) atoms. The first-order valence-electron chi connectivity index (χ1n) is 8.79. The van der Waals surface area contributed by atoms with Gasteiger partial charge >= 0.3 is 0 Å². The highest BCUT2D eigenvalue weighted by molar-refractivity contribution is 7.13. The average molecular weight is 388 g/mol. The summed E-state index contributed by atoms with van der Waals surface area (Å²) in [5.41, 5.74) is 1.70. The molecule has 0 spiro atoms. The molecule has 0 atom stereocenters. The van der Waals surface area contributed by atoms with Crippen LogP contribution in [0.25, 0.3) is 16.6 Å². The number of aromatic nitrogens is 1. The molecule has 0 saturated carbocycles. The van der Waals surface area contributed by atoms with Crippen LogP contribution in [0.5, 0.6) is 5.75 Å². The summed E-state index contributed by atoms with van der Waals surface area (Å²) in [6, 6.07) is 7.72. The monoisotopic (exact) mass is 387 g/mol. The maximum atomic E-state index is 12.3. The van der Waals surface area contributed by atoms with Gasteiger partial charge in [-0.3, -0.25) is 9.59 Å². The lowest BCUT2D eigenvalue weighted by atomic mass is 10.2. The van der Waals surface area contributed by atoms with E-state index >= 15 is 0 Å². The number of nitrogens with zero attached hydrogens (tertiary/aromatic N) is 2. The Hall–Kier alpha value is -2.67. The molecule has 0 aliphatic carbocycles. The summed E-state index contributed by atoms with van der Waals surface area (Å²) in [4.78, 5) is 30.2. The van der Waals surface area contributed by atoms with E-state index in [1.807, 2.05) is 50.4 Å². The Morgan fingerprint density at radius 1 is 1.30 bits per heavy atom. The zero-order chi connectivity index (χ0) is 19.8. The van der Waals surface area contributed by atoms with Gasteiger partial charge < -0.3 is 15.0 Å². The standard InChI is InChI=1S/C20H25N3O3S/c1-5-23(12-18(24)21-14(2)3)19(25)11-8-16-13-27-20(22-16)15-6-9-17(26-4)10-7-15/h6-11,13-14H,5,12H2,1-4H3,(H,21,24)/b11-8+. The molecular weight excluding hydrogens is 362 g/mol. The highest BCUT2D eigenvalue weighted by Crippen LogP contribution is 2.26. The van der Waals surface area contributed by atoms with Crippen LogP contribution < -0.4 is 10.1 Å². The van der Waals surface area contributed by atoms with Gasteiger partial charge in [0, 0.05) is 29.6 Å². The zero-order valence-corrected chi connectivity index (χ0v) is 16.9. The van der Waals surface area contributed by atoms with Crippen molar-refractivity contribution in [2.75, 3.05) is 20.2 Å². The lowest BCUT2D eigenvalue weighted by Crippen LogP contribution is -2.42. The van der Waals surface area contributed by atoms with Crippen molar-refractivity contribution in [3.63, 3.8) is 0 Å². The van der Waals surface area contributed by atoms with Gasteiger partial charge in [0.2, 0.25) is 11.8 Å². The van der Waals surface area contributed by atoms with E-state index in [1.54, 1.807) is 13.2 Å². The van der Waals surface area contributed by atoms with Crippen molar-refractivity contribution >= 4 is 29.2 Å². The molecule has 144 valence electrons. The van der Waals surface area contributed by atoms with Gasteiger partial charge in [0.1, 0.15) is 10.8 Å². The minimum absolute atomic E-state index is 0.0476. The minimum atomic E-state index is -0.213. The SMILES string of the molecule is CCN(CC(=O)NC(C)C)C(=O)/C=C/c1csc(-c2ccc(OC)cc2)n1. The van der Waals surface area contributed by atoms with Crippen molar-refractivity contribution < 1.29 is 14.3 Å². The van der Waals surface area contributed by atoms with Crippen LogP contribution in [0.4, 0.5) is 0 Å². The van der Waals surface area contributed by atoms with E-state index in [0.717, 1.165) is 16.3 Å². The van der Waals surface area contributed by atoms with Crippen molar-refractivity contribution in [2.24, 2.45) is 0 Å². The van der Waals surface area contributed by atoms with Crippen LogP contribution in [0.3, 0.4) is 0 Å². The predicted octanol–water partition coefficient (Wildman–Crippen LogP) is 3.21. The molecule has 0 aliphatic heterocycles. The van der Waals surface area contributed by atoms with Crippen LogP contribution in [-0.4, -0.2) is 47.9 Å². The van der Waals surface area contributed by atoms with E-state index in [0.29, 0.717) is 12.2 Å². The molecule has 0 aliphatic rings. The van der Waals surface area contributed by atoms with Gasteiger partial charge in [0.15, 0.2) is 0 Å². The topological polar surface area (TPSA) is 71.5 Å². The van der Waals surface area contributed by atoms with Gasteiger partial charge in [-0.15, -0.1) is 11.3 Å². The van der Waals surface area contributed by atoms with E-state index < -0.39 is 0 Å².